The van der Waals surface area contributed by atoms with E-state index in [2.05, 4.69) is 15.4 Å². The monoisotopic (exact) mass is 657 g/mol. The molecule has 1 aliphatic carbocycles. The van der Waals surface area contributed by atoms with Gasteiger partial charge in [-0.3, -0.25) is 4.90 Å². The summed E-state index contributed by atoms with van der Waals surface area (Å²) in [5.41, 5.74) is -1.19. The molecule has 6 nitrogen and oxygen atoms in total. The molecular formula is C32H31F8N3O3. The van der Waals surface area contributed by atoms with E-state index >= 15 is 8.78 Å². The van der Waals surface area contributed by atoms with E-state index in [9.17, 15) is 31.1 Å². The maximum atomic E-state index is 15.2. The number of hydrogen-bond donors (Lipinski definition) is 2. The van der Waals surface area contributed by atoms with Gasteiger partial charge in [0.25, 0.3) is 5.92 Å². The molecule has 1 saturated heterocycles. The Morgan fingerprint density at radius 2 is 1.67 bits per heavy atom. The van der Waals surface area contributed by atoms with Crippen LogP contribution in [0.1, 0.15) is 35.1 Å². The maximum Gasteiger partial charge on any atom is 0.461 e. The molecule has 2 fully saturated rings. The van der Waals surface area contributed by atoms with Gasteiger partial charge >= 0.3 is 18.6 Å². The molecule has 46 heavy (non-hydrogen) atoms. The molecule has 3 aromatic carbocycles. The lowest BCUT2D eigenvalue weighted by atomic mass is 9.77. The number of morpholine rings is 1. The second kappa shape index (κ2) is 13.4. The number of ether oxygens (including phenoxy) is 2. The first-order valence-corrected chi connectivity index (χ1v) is 14.5. The van der Waals surface area contributed by atoms with Crippen molar-refractivity contribution in [2.24, 2.45) is 0 Å². The van der Waals surface area contributed by atoms with E-state index in [4.69, 9.17) is 4.74 Å². The Labute approximate surface area is 259 Å². The number of urea groups is 1. The fraction of sp³-hybridized carbons (Fsp3) is 0.406. The largest absolute Gasteiger partial charge is 0.461 e. The lowest BCUT2D eigenvalue weighted by molar-refractivity contribution is -0.253. The number of alkyl halides is 6. The Bertz CT molecular complexity index is 1510. The molecule has 14 heteroatoms. The summed E-state index contributed by atoms with van der Waals surface area (Å²) in [7, 11) is 0. The number of amides is 2. The summed E-state index contributed by atoms with van der Waals surface area (Å²) in [4.78, 5) is 15.4. The van der Waals surface area contributed by atoms with Gasteiger partial charge in [0.2, 0.25) is 0 Å². The van der Waals surface area contributed by atoms with Gasteiger partial charge in [-0.2, -0.15) is 17.6 Å². The van der Waals surface area contributed by atoms with Crippen LogP contribution in [0.2, 0.25) is 0 Å². The van der Waals surface area contributed by atoms with Crippen LogP contribution in [0.5, 0.6) is 5.75 Å². The summed E-state index contributed by atoms with van der Waals surface area (Å²) in [6.45, 7) is 2.00. The third-order valence-corrected chi connectivity index (χ3v) is 7.97. The van der Waals surface area contributed by atoms with Crippen LogP contribution in [-0.2, 0) is 23.2 Å². The Hall–Kier alpha value is -3.91. The Morgan fingerprint density at radius 3 is 2.33 bits per heavy atom. The number of carbonyl (C=O) groups is 1. The van der Waals surface area contributed by atoms with Crippen LogP contribution < -0.4 is 15.4 Å². The first-order valence-electron chi connectivity index (χ1n) is 14.5. The molecule has 1 saturated carbocycles. The zero-order valence-electron chi connectivity index (χ0n) is 24.4. The molecular weight excluding hydrogens is 626 g/mol. The van der Waals surface area contributed by atoms with Gasteiger partial charge in [0.05, 0.1) is 18.8 Å². The third kappa shape index (κ3) is 7.89. The zero-order valence-corrected chi connectivity index (χ0v) is 24.4. The van der Waals surface area contributed by atoms with Gasteiger partial charge in [-0.05, 0) is 41.0 Å². The average Bonchev–Trinajstić information content (AvgIpc) is 2.97. The van der Waals surface area contributed by atoms with Crippen LogP contribution in [0, 0.1) is 11.6 Å². The average molecular weight is 658 g/mol. The summed E-state index contributed by atoms with van der Waals surface area (Å²) >= 11 is 0. The maximum absolute atomic E-state index is 15.2. The highest BCUT2D eigenvalue weighted by atomic mass is 19.3. The van der Waals surface area contributed by atoms with Crippen molar-refractivity contribution in [1.29, 1.82) is 0 Å². The molecule has 3 aromatic rings. The normalized spacial score (nSPS) is 18.5. The van der Waals surface area contributed by atoms with Crippen LogP contribution in [0.3, 0.4) is 0 Å². The standard InChI is InChI=1S/C32H31F8N3O3/c33-24-13-23(14-26(15-24)46-32(39,40)28(35)36)31(16-20-4-2-1-3-5-20,42-29(44)41-25-17-30(37,38)18-25)22-6-7-27(34)21(12-22)19-43-8-10-45-11-9-43/h1-7,12-15,25,28H,8-11,16-19H2,(H2,41,42,44). The van der Waals surface area contributed by atoms with Crippen LogP contribution in [0.25, 0.3) is 0 Å². The molecule has 0 spiro atoms. The predicted molar refractivity (Wildman–Crippen MR) is 151 cm³/mol. The van der Waals surface area contributed by atoms with E-state index in [0.717, 1.165) is 18.2 Å². The first kappa shape index (κ1) is 33.5. The highest BCUT2D eigenvalue weighted by Crippen LogP contribution is 2.40. The molecule has 1 heterocycles. The number of benzene rings is 3. The van der Waals surface area contributed by atoms with Crippen molar-refractivity contribution in [1.82, 2.24) is 15.5 Å². The minimum Gasteiger partial charge on any atom is -0.428 e. The predicted octanol–water partition coefficient (Wildman–Crippen LogP) is 6.62. The second-order valence-corrected chi connectivity index (χ2v) is 11.5. The van der Waals surface area contributed by atoms with Crippen molar-refractivity contribution in [2.45, 2.75) is 55.8 Å². The Kier molecular flexibility index (Phi) is 9.78. The molecule has 1 unspecified atom stereocenters. The minimum atomic E-state index is -4.98. The van der Waals surface area contributed by atoms with E-state index in [0.29, 0.717) is 37.9 Å². The van der Waals surface area contributed by atoms with Crippen molar-refractivity contribution < 1.29 is 49.4 Å². The fourth-order valence-electron chi connectivity index (χ4n) is 5.67. The van der Waals surface area contributed by atoms with Crippen molar-refractivity contribution >= 4 is 6.03 Å². The van der Waals surface area contributed by atoms with Crippen LogP contribution in [-0.4, -0.2) is 61.7 Å². The number of halogens is 8. The number of carbonyl (C=O) groups excluding carboxylic acids is 1. The Balaban J connectivity index is 1.64. The molecule has 248 valence electrons. The van der Waals surface area contributed by atoms with Crippen LogP contribution in [0.4, 0.5) is 39.9 Å². The third-order valence-electron chi connectivity index (χ3n) is 7.97. The number of nitrogens with one attached hydrogen (secondary N) is 2. The lowest BCUT2D eigenvalue weighted by Gasteiger charge is -2.40. The van der Waals surface area contributed by atoms with Gasteiger partial charge in [0, 0.05) is 56.6 Å². The van der Waals surface area contributed by atoms with Crippen molar-refractivity contribution in [3.8, 4) is 5.75 Å². The zero-order chi connectivity index (χ0) is 33.1. The van der Waals surface area contributed by atoms with Crippen LogP contribution in [0.15, 0.2) is 66.7 Å². The Morgan fingerprint density at radius 1 is 0.978 bits per heavy atom. The molecule has 1 atom stereocenters. The summed E-state index contributed by atoms with van der Waals surface area (Å²) in [6, 6.07) is 12.7. The van der Waals surface area contributed by atoms with Crippen molar-refractivity contribution in [3.63, 3.8) is 0 Å². The van der Waals surface area contributed by atoms with Gasteiger partial charge in [-0.1, -0.05) is 36.4 Å². The van der Waals surface area contributed by atoms with Gasteiger partial charge < -0.3 is 20.1 Å². The van der Waals surface area contributed by atoms with E-state index in [-0.39, 0.29) is 29.7 Å². The second-order valence-electron chi connectivity index (χ2n) is 11.5. The SMILES string of the molecule is O=C(NC1CC(F)(F)C1)NC(Cc1ccccc1)(c1cc(F)cc(OC(F)(F)C(F)F)c1)c1ccc(F)c(CN2CCOCC2)c1. The topological polar surface area (TPSA) is 62.8 Å². The number of nitrogens with zero attached hydrogens (tertiary/aromatic N) is 1. The molecule has 1 aliphatic heterocycles. The van der Waals surface area contributed by atoms with Gasteiger partial charge in [-0.25, -0.2) is 22.4 Å². The van der Waals surface area contributed by atoms with Crippen molar-refractivity contribution in [2.75, 3.05) is 26.3 Å². The quantitative estimate of drug-likeness (QED) is 0.228. The number of rotatable bonds is 11. The van der Waals surface area contributed by atoms with Gasteiger partial charge in [0.1, 0.15) is 17.4 Å². The fourth-order valence-corrected chi connectivity index (χ4v) is 5.67. The van der Waals surface area contributed by atoms with Crippen LogP contribution >= 0.6 is 0 Å². The van der Waals surface area contributed by atoms with E-state index in [1.807, 2.05) is 4.90 Å². The van der Waals surface area contributed by atoms with E-state index in [1.54, 1.807) is 30.3 Å². The van der Waals surface area contributed by atoms with Crippen molar-refractivity contribution in [3.05, 3.63) is 101 Å². The number of hydrogen-bond acceptors (Lipinski definition) is 4. The molecule has 5 rings (SSSR count). The summed E-state index contributed by atoms with van der Waals surface area (Å²) < 4.78 is 121. The first-order chi connectivity index (χ1) is 21.7. The molecule has 2 N–H and O–H groups in total. The summed E-state index contributed by atoms with van der Waals surface area (Å²) in [5, 5.41) is 5.18. The summed E-state index contributed by atoms with van der Waals surface area (Å²) in [6.07, 6.45) is -10.6. The highest BCUT2D eigenvalue weighted by Gasteiger charge is 2.47. The summed E-state index contributed by atoms with van der Waals surface area (Å²) in [5.74, 6) is -5.68. The molecule has 2 aliphatic rings. The van der Waals surface area contributed by atoms with Gasteiger partial charge in [0.15, 0.2) is 0 Å². The van der Waals surface area contributed by atoms with Gasteiger partial charge in [-0.15, -0.1) is 0 Å². The highest BCUT2D eigenvalue weighted by molar-refractivity contribution is 5.77. The minimum absolute atomic E-state index is 0.131. The lowest BCUT2D eigenvalue weighted by Crippen LogP contribution is -2.58. The molecule has 2 amide bonds. The smallest absolute Gasteiger partial charge is 0.428 e. The van der Waals surface area contributed by atoms with E-state index < -0.39 is 66.3 Å². The molecule has 0 radical (unpaired) electrons. The van der Waals surface area contributed by atoms with E-state index in [1.165, 1.54) is 12.1 Å². The molecule has 0 aromatic heterocycles. The molecule has 0 bridgehead atoms.